The lowest BCUT2D eigenvalue weighted by Gasteiger charge is -2.54. The molecule has 0 radical (unpaired) electrons. The number of nitrogens with zero attached hydrogens (tertiary/aromatic N) is 5. The SMILES string of the molecule is Cc1cn(C23CCC(Nc4nc5n(n4)CCCC[C@@H]5c4ccc(F)c(F)c4F)(CC2)CC3)cn1. The second-order valence-corrected chi connectivity index (χ2v) is 10.4. The zero-order valence-electron chi connectivity index (χ0n) is 19.3. The van der Waals surface area contributed by atoms with Crippen molar-refractivity contribution in [2.24, 2.45) is 0 Å². The van der Waals surface area contributed by atoms with Crippen molar-refractivity contribution in [1.82, 2.24) is 24.3 Å². The Kier molecular flexibility index (Phi) is 5.00. The van der Waals surface area contributed by atoms with E-state index in [9.17, 15) is 13.2 Å². The second-order valence-electron chi connectivity index (χ2n) is 10.4. The van der Waals surface area contributed by atoms with Crippen LogP contribution in [0.2, 0.25) is 0 Å². The molecule has 9 heteroatoms. The summed E-state index contributed by atoms with van der Waals surface area (Å²) in [7, 11) is 0. The Morgan fingerprint density at radius 2 is 1.76 bits per heavy atom. The van der Waals surface area contributed by atoms with Gasteiger partial charge in [0.2, 0.25) is 5.95 Å². The van der Waals surface area contributed by atoms with E-state index < -0.39 is 23.4 Å². The van der Waals surface area contributed by atoms with Crippen molar-refractivity contribution in [3.8, 4) is 0 Å². The van der Waals surface area contributed by atoms with E-state index in [-0.39, 0.29) is 16.6 Å². The summed E-state index contributed by atoms with van der Waals surface area (Å²) in [5.74, 6) is -3.00. The van der Waals surface area contributed by atoms with Crippen LogP contribution in [0.1, 0.15) is 80.8 Å². The molecule has 3 fully saturated rings. The number of hydrogen-bond acceptors (Lipinski definition) is 4. The monoisotopic (exact) mass is 470 g/mol. The van der Waals surface area contributed by atoms with Gasteiger partial charge in [0.15, 0.2) is 17.5 Å². The number of imidazole rings is 1. The highest BCUT2D eigenvalue weighted by Crippen LogP contribution is 2.52. The van der Waals surface area contributed by atoms with Gasteiger partial charge in [-0.2, -0.15) is 4.98 Å². The molecule has 34 heavy (non-hydrogen) atoms. The lowest BCUT2D eigenvalue weighted by atomic mass is 9.61. The summed E-state index contributed by atoms with van der Waals surface area (Å²) in [6.07, 6.45) is 12.8. The van der Waals surface area contributed by atoms with Gasteiger partial charge < -0.3 is 9.88 Å². The van der Waals surface area contributed by atoms with E-state index in [1.807, 2.05) is 17.9 Å². The number of fused-ring (bicyclic) bond motifs is 4. The lowest BCUT2D eigenvalue weighted by molar-refractivity contribution is 0.0638. The number of aryl methyl sites for hydroxylation is 2. The van der Waals surface area contributed by atoms with Crippen LogP contribution in [-0.2, 0) is 12.1 Å². The molecule has 3 aromatic rings. The number of anilines is 1. The molecule has 3 aliphatic carbocycles. The van der Waals surface area contributed by atoms with Gasteiger partial charge in [-0.15, -0.1) is 5.10 Å². The maximum absolute atomic E-state index is 14.7. The molecule has 180 valence electrons. The van der Waals surface area contributed by atoms with Crippen LogP contribution >= 0.6 is 0 Å². The maximum atomic E-state index is 14.7. The Bertz CT molecular complexity index is 1210. The van der Waals surface area contributed by atoms with E-state index in [1.165, 1.54) is 6.07 Å². The fourth-order valence-electron chi connectivity index (χ4n) is 6.33. The summed E-state index contributed by atoms with van der Waals surface area (Å²) >= 11 is 0. The average Bonchev–Trinajstić information content (AvgIpc) is 3.41. The Labute approximate surface area is 196 Å². The summed E-state index contributed by atoms with van der Waals surface area (Å²) < 4.78 is 46.3. The van der Waals surface area contributed by atoms with Crippen molar-refractivity contribution >= 4 is 5.95 Å². The predicted molar refractivity (Wildman–Crippen MR) is 121 cm³/mol. The van der Waals surface area contributed by atoms with Crippen LogP contribution in [0.3, 0.4) is 0 Å². The molecule has 3 heterocycles. The highest BCUT2D eigenvalue weighted by atomic mass is 19.2. The molecule has 7 rings (SSSR count). The molecule has 1 atom stereocenters. The minimum atomic E-state index is -1.42. The fourth-order valence-corrected chi connectivity index (χ4v) is 6.33. The van der Waals surface area contributed by atoms with E-state index in [0.717, 1.165) is 63.1 Å². The molecule has 4 aliphatic rings. The van der Waals surface area contributed by atoms with E-state index in [0.29, 0.717) is 24.7 Å². The molecule has 1 aliphatic heterocycles. The van der Waals surface area contributed by atoms with E-state index in [1.54, 1.807) is 0 Å². The van der Waals surface area contributed by atoms with Crippen LogP contribution in [0, 0.1) is 24.4 Å². The molecule has 0 spiro atoms. The van der Waals surface area contributed by atoms with Gasteiger partial charge >= 0.3 is 0 Å². The van der Waals surface area contributed by atoms with E-state index in [4.69, 9.17) is 10.1 Å². The van der Waals surface area contributed by atoms with Crippen LogP contribution in [0.5, 0.6) is 0 Å². The van der Waals surface area contributed by atoms with Gasteiger partial charge in [0.05, 0.1) is 12.0 Å². The third kappa shape index (κ3) is 3.43. The first-order valence-electron chi connectivity index (χ1n) is 12.3. The maximum Gasteiger partial charge on any atom is 0.242 e. The molecular formula is C25H29F3N6. The third-order valence-corrected chi connectivity index (χ3v) is 8.41. The molecule has 0 unspecified atom stereocenters. The lowest BCUT2D eigenvalue weighted by Crippen LogP contribution is -2.54. The zero-order chi connectivity index (χ0) is 23.5. The molecule has 1 N–H and O–H groups in total. The minimum Gasteiger partial charge on any atom is -0.347 e. The standard InChI is InChI=1S/C25H29F3N6/c1-16-14-33(15-29-16)25-10-7-24(8-11-25,9-12-25)31-23-30-22-18(4-2-3-13-34(22)32-23)17-5-6-19(26)21(28)20(17)27/h5-6,14-15,18H,2-4,7-13H2,1H3,(H,31,32)/t18-,24?,25?/m1/s1. The first-order chi connectivity index (χ1) is 16.4. The van der Waals surface area contributed by atoms with Crippen molar-refractivity contribution in [2.75, 3.05) is 5.32 Å². The molecule has 2 bridgehead atoms. The van der Waals surface area contributed by atoms with Gasteiger partial charge in [0, 0.05) is 35.3 Å². The number of rotatable bonds is 4. The number of aromatic nitrogens is 5. The number of hydrogen-bond donors (Lipinski definition) is 1. The van der Waals surface area contributed by atoms with E-state index in [2.05, 4.69) is 21.1 Å². The van der Waals surface area contributed by atoms with Gasteiger partial charge in [0.1, 0.15) is 5.82 Å². The average molecular weight is 471 g/mol. The summed E-state index contributed by atoms with van der Waals surface area (Å²) in [6.45, 7) is 2.71. The minimum absolute atomic E-state index is 0.0479. The first kappa shape index (κ1) is 21.7. The largest absolute Gasteiger partial charge is 0.347 e. The predicted octanol–water partition coefficient (Wildman–Crippen LogP) is 5.43. The molecule has 1 aromatic carbocycles. The molecule has 0 amide bonds. The van der Waals surface area contributed by atoms with Crippen molar-refractivity contribution < 1.29 is 13.2 Å². The van der Waals surface area contributed by atoms with Crippen molar-refractivity contribution in [1.29, 1.82) is 0 Å². The Balaban J connectivity index is 1.25. The van der Waals surface area contributed by atoms with Crippen molar-refractivity contribution in [3.63, 3.8) is 0 Å². The topological polar surface area (TPSA) is 60.6 Å². The molecular weight excluding hydrogens is 441 g/mol. The van der Waals surface area contributed by atoms with Crippen LogP contribution < -0.4 is 5.32 Å². The summed E-state index contributed by atoms with van der Waals surface area (Å²) in [5.41, 5.74) is 1.30. The Hall–Kier alpha value is -2.84. The Morgan fingerprint density at radius 1 is 1.00 bits per heavy atom. The van der Waals surface area contributed by atoms with Gasteiger partial charge in [-0.3, -0.25) is 0 Å². The second kappa shape index (κ2) is 7.85. The first-order valence-corrected chi connectivity index (χ1v) is 12.3. The molecule has 6 nitrogen and oxygen atoms in total. The van der Waals surface area contributed by atoms with Crippen LogP contribution in [-0.4, -0.2) is 29.9 Å². The van der Waals surface area contributed by atoms with Crippen molar-refractivity contribution in [2.45, 2.75) is 88.3 Å². The highest BCUT2D eigenvalue weighted by molar-refractivity contribution is 5.35. The summed E-state index contributed by atoms with van der Waals surface area (Å²) in [5, 5.41) is 8.37. The summed E-state index contributed by atoms with van der Waals surface area (Å²) in [6, 6.07) is 2.34. The van der Waals surface area contributed by atoms with Crippen LogP contribution in [0.25, 0.3) is 0 Å². The number of benzene rings is 1. The van der Waals surface area contributed by atoms with E-state index >= 15 is 0 Å². The quantitative estimate of drug-likeness (QED) is 0.517. The summed E-state index contributed by atoms with van der Waals surface area (Å²) in [4.78, 5) is 9.22. The third-order valence-electron chi connectivity index (χ3n) is 8.41. The number of halogens is 3. The molecule has 3 saturated carbocycles. The van der Waals surface area contributed by atoms with Gasteiger partial charge in [-0.1, -0.05) is 12.5 Å². The van der Waals surface area contributed by atoms with Crippen LogP contribution in [0.4, 0.5) is 19.1 Å². The Morgan fingerprint density at radius 3 is 2.47 bits per heavy atom. The highest BCUT2D eigenvalue weighted by Gasteiger charge is 2.50. The van der Waals surface area contributed by atoms with Gasteiger partial charge in [-0.05, 0) is 64.4 Å². The van der Waals surface area contributed by atoms with Crippen molar-refractivity contribution in [3.05, 3.63) is 59.2 Å². The normalized spacial score (nSPS) is 28.5. The molecule has 0 saturated heterocycles. The van der Waals surface area contributed by atoms with Gasteiger partial charge in [0.25, 0.3) is 0 Å². The molecule has 2 aromatic heterocycles. The van der Waals surface area contributed by atoms with Gasteiger partial charge in [-0.25, -0.2) is 22.8 Å². The van der Waals surface area contributed by atoms with Crippen LogP contribution in [0.15, 0.2) is 24.7 Å². The zero-order valence-corrected chi connectivity index (χ0v) is 19.3. The smallest absolute Gasteiger partial charge is 0.242 e. The number of nitrogens with one attached hydrogen (secondary N) is 1. The fraction of sp³-hybridized carbons (Fsp3) is 0.560.